The van der Waals surface area contributed by atoms with E-state index in [4.69, 9.17) is 5.73 Å². The van der Waals surface area contributed by atoms with Gasteiger partial charge in [0, 0.05) is 20.6 Å². The third-order valence-corrected chi connectivity index (χ3v) is 5.77. The molecule has 3 nitrogen and oxygen atoms in total. The summed E-state index contributed by atoms with van der Waals surface area (Å²) in [7, 11) is 0. The van der Waals surface area contributed by atoms with E-state index in [-0.39, 0.29) is 11.9 Å². The zero-order valence-corrected chi connectivity index (χ0v) is 15.3. The number of nitrogen functional groups attached to an aromatic ring is 1. The number of fused-ring (bicyclic) bond motifs is 1. The normalized spacial score (nSPS) is 12.5. The number of nitrogens with two attached hydrogens (primary N) is 1. The molecule has 1 aromatic heterocycles. The van der Waals surface area contributed by atoms with Gasteiger partial charge >= 0.3 is 0 Å². The number of thioether (sulfide) groups is 1. The van der Waals surface area contributed by atoms with Crippen molar-refractivity contribution < 1.29 is 4.79 Å². The first-order chi connectivity index (χ1) is 10.0. The molecule has 0 saturated carbocycles. The van der Waals surface area contributed by atoms with Crippen molar-refractivity contribution in [3.63, 3.8) is 0 Å². The Morgan fingerprint density at radius 1 is 1.52 bits per heavy atom. The third kappa shape index (κ3) is 4.14. The molecule has 0 bridgehead atoms. The smallest absolute Gasteiger partial charge is 0.263 e. The molecule has 1 unspecified atom stereocenters. The third-order valence-electron chi connectivity index (χ3n) is 3.17. The largest absolute Gasteiger partial charge is 0.397 e. The Labute approximate surface area is 141 Å². The van der Waals surface area contributed by atoms with Crippen LogP contribution in [0.5, 0.6) is 0 Å². The number of hydrogen-bond acceptors (Lipinski definition) is 4. The molecule has 1 atom stereocenters. The lowest BCUT2D eigenvalue weighted by molar-refractivity contribution is 0.0944. The van der Waals surface area contributed by atoms with E-state index in [1.54, 1.807) is 0 Å². The summed E-state index contributed by atoms with van der Waals surface area (Å²) in [5.41, 5.74) is 6.70. The van der Waals surface area contributed by atoms with Gasteiger partial charge < -0.3 is 11.1 Å². The molecule has 0 fully saturated rings. The van der Waals surface area contributed by atoms with Gasteiger partial charge in [-0.1, -0.05) is 28.9 Å². The highest BCUT2D eigenvalue weighted by molar-refractivity contribution is 9.10. The van der Waals surface area contributed by atoms with Crippen molar-refractivity contribution in [2.75, 3.05) is 17.2 Å². The zero-order valence-electron chi connectivity index (χ0n) is 12.1. The second-order valence-electron chi connectivity index (χ2n) is 4.85. The lowest BCUT2D eigenvalue weighted by Gasteiger charge is -2.12. The van der Waals surface area contributed by atoms with Crippen LogP contribution in [0.15, 0.2) is 22.7 Å². The fraction of sp³-hybridized carbons (Fsp3) is 0.400. The maximum Gasteiger partial charge on any atom is 0.263 e. The van der Waals surface area contributed by atoms with Crippen molar-refractivity contribution in [3.8, 4) is 0 Å². The van der Waals surface area contributed by atoms with Gasteiger partial charge in [0.2, 0.25) is 0 Å². The molecule has 2 rings (SSSR count). The van der Waals surface area contributed by atoms with Gasteiger partial charge in [0.05, 0.1) is 5.69 Å². The van der Waals surface area contributed by atoms with Gasteiger partial charge in [-0.25, -0.2) is 0 Å². The molecule has 1 amide bonds. The summed E-state index contributed by atoms with van der Waals surface area (Å²) >= 11 is 6.78. The molecule has 21 heavy (non-hydrogen) atoms. The van der Waals surface area contributed by atoms with Crippen LogP contribution >= 0.6 is 39.0 Å². The van der Waals surface area contributed by atoms with Crippen LogP contribution in [-0.4, -0.2) is 23.5 Å². The van der Waals surface area contributed by atoms with Gasteiger partial charge in [-0.2, -0.15) is 11.8 Å². The van der Waals surface area contributed by atoms with Crippen LogP contribution in [0.3, 0.4) is 0 Å². The Morgan fingerprint density at radius 3 is 3.00 bits per heavy atom. The average Bonchev–Trinajstić information content (AvgIpc) is 2.75. The van der Waals surface area contributed by atoms with Gasteiger partial charge in [0.25, 0.3) is 5.91 Å². The molecule has 0 saturated heterocycles. The van der Waals surface area contributed by atoms with Gasteiger partial charge in [-0.3, -0.25) is 4.79 Å². The first-order valence-corrected chi connectivity index (χ1v) is 9.65. The second kappa shape index (κ2) is 7.51. The minimum atomic E-state index is -0.0705. The van der Waals surface area contributed by atoms with E-state index in [1.165, 1.54) is 11.3 Å². The molecule has 114 valence electrons. The Kier molecular flexibility index (Phi) is 5.96. The second-order valence-corrected chi connectivity index (χ2v) is 8.21. The van der Waals surface area contributed by atoms with Gasteiger partial charge in [0.1, 0.15) is 4.88 Å². The number of benzene rings is 1. The number of carbonyl (C=O) groups excluding carboxylic acids is 1. The highest BCUT2D eigenvalue weighted by Crippen LogP contribution is 2.35. The van der Waals surface area contributed by atoms with Gasteiger partial charge in [0.15, 0.2) is 0 Å². The van der Waals surface area contributed by atoms with Crippen molar-refractivity contribution in [2.45, 2.75) is 26.3 Å². The molecule has 2 aromatic rings. The van der Waals surface area contributed by atoms with E-state index >= 15 is 0 Å². The van der Waals surface area contributed by atoms with Crippen molar-refractivity contribution in [1.29, 1.82) is 0 Å². The molecule has 0 aliphatic heterocycles. The molecule has 1 aromatic carbocycles. The highest BCUT2D eigenvalue weighted by Gasteiger charge is 2.17. The standard InChI is InChI=1S/C15H19BrN2OS2/c1-3-20-7-6-9(2)18-15(19)14-13(17)11-5-4-10(16)8-12(11)21-14/h4-5,8-9H,3,6-7,17H2,1-2H3,(H,18,19). The number of nitrogens with one attached hydrogen (secondary N) is 1. The van der Waals surface area contributed by atoms with Crippen LogP contribution in [0, 0.1) is 0 Å². The van der Waals surface area contributed by atoms with E-state index in [1.807, 2.05) is 36.9 Å². The maximum atomic E-state index is 12.4. The minimum absolute atomic E-state index is 0.0705. The van der Waals surface area contributed by atoms with E-state index in [0.717, 1.165) is 32.5 Å². The van der Waals surface area contributed by atoms with Gasteiger partial charge in [-0.15, -0.1) is 11.3 Å². The summed E-state index contributed by atoms with van der Waals surface area (Å²) in [5.74, 6) is 2.10. The SMILES string of the molecule is CCSCCC(C)NC(=O)c1sc2cc(Br)ccc2c1N. The summed E-state index contributed by atoms with van der Waals surface area (Å²) < 4.78 is 2.02. The Balaban J connectivity index is 2.10. The predicted molar refractivity (Wildman–Crippen MR) is 98.5 cm³/mol. The van der Waals surface area contributed by atoms with E-state index in [2.05, 4.69) is 28.2 Å². The van der Waals surface area contributed by atoms with Crippen molar-refractivity contribution in [2.24, 2.45) is 0 Å². The Bertz CT molecular complexity index is 642. The summed E-state index contributed by atoms with van der Waals surface area (Å²) in [6.07, 6.45) is 0.973. The highest BCUT2D eigenvalue weighted by atomic mass is 79.9. The topological polar surface area (TPSA) is 55.1 Å². The number of carbonyl (C=O) groups is 1. The summed E-state index contributed by atoms with van der Waals surface area (Å²) in [6, 6.07) is 6.04. The van der Waals surface area contributed by atoms with Crippen molar-refractivity contribution in [3.05, 3.63) is 27.5 Å². The molecule has 0 radical (unpaired) electrons. The summed E-state index contributed by atoms with van der Waals surface area (Å²) in [4.78, 5) is 13.0. The van der Waals surface area contributed by atoms with Crippen LogP contribution < -0.4 is 11.1 Å². The number of thiophene rings is 1. The number of halogens is 1. The molecule has 0 aliphatic carbocycles. The molecule has 3 N–H and O–H groups in total. The fourth-order valence-corrected chi connectivity index (χ4v) is 4.41. The van der Waals surface area contributed by atoms with Crippen LogP contribution in [0.4, 0.5) is 5.69 Å². The lowest BCUT2D eigenvalue weighted by Crippen LogP contribution is -2.32. The molecular formula is C15H19BrN2OS2. The minimum Gasteiger partial charge on any atom is -0.397 e. The van der Waals surface area contributed by atoms with E-state index in [9.17, 15) is 4.79 Å². The number of anilines is 1. The molecular weight excluding hydrogens is 368 g/mol. The first-order valence-electron chi connectivity index (χ1n) is 6.89. The Morgan fingerprint density at radius 2 is 2.29 bits per heavy atom. The summed E-state index contributed by atoms with van der Waals surface area (Å²) in [6.45, 7) is 4.18. The first kappa shape index (κ1) is 16.6. The quantitative estimate of drug-likeness (QED) is 0.718. The zero-order chi connectivity index (χ0) is 15.4. The number of hydrogen-bond donors (Lipinski definition) is 2. The van der Waals surface area contributed by atoms with Crippen LogP contribution in [0.1, 0.15) is 29.9 Å². The van der Waals surface area contributed by atoms with E-state index < -0.39 is 0 Å². The van der Waals surface area contributed by atoms with Crippen LogP contribution in [0.25, 0.3) is 10.1 Å². The average molecular weight is 387 g/mol. The molecule has 6 heteroatoms. The van der Waals surface area contributed by atoms with E-state index in [0.29, 0.717) is 10.6 Å². The van der Waals surface area contributed by atoms with Crippen molar-refractivity contribution in [1.82, 2.24) is 5.32 Å². The lowest BCUT2D eigenvalue weighted by atomic mass is 10.2. The summed E-state index contributed by atoms with van der Waals surface area (Å²) in [5, 5.41) is 3.98. The van der Waals surface area contributed by atoms with Crippen molar-refractivity contribution >= 4 is 60.7 Å². The van der Waals surface area contributed by atoms with Crippen LogP contribution in [0.2, 0.25) is 0 Å². The fourth-order valence-electron chi connectivity index (χ4n) is 2.02. The van der Waals surface area contributed by atoms with Gasteiger partial charge in [-0.05, 0) is 37.0 Å². The maximum absolute atomic E-state index is 12.4. The molecule has 0 aliphatic rings. The number of amides is 1. The molecule has 0 spiro atoms. The monoisotopic (exact) mass is 386 g/mol. The molecule has 1 heterocycles. The Hall–Kier alpha value is -0.720. The van der Waals surface area contributed by atoms with Crippen LogP contribution in [-0.2, 0) is 0 Å². The predicted octanol–water partition coefficient (Wildman–Crippen LogP) is 4.51. The number of rotatable bonds is 6.